The fraction of sp³-hybridized carbons (Fsp3) is 0.167. The minimum atomic E-state index is -0.424. The summed E-state index contributed by atoms with van der Waals surface area (Å²) in [5.41, 5.74) is 3.51. The number of furan rings is 1. The molecule has 0 radical (unpaired) electrons. The summed E-state index contributed by atoms with van der Waals surface area (Å²) in [4.78, 5) is 30.0. The highest BCUT2D eigenvalue weighted by Gasteiger charge is 2.31. The topological polar surface area (TPSA) is 89.0 Å². The Kier molecular flexibility index (Phi) is 5.96. The summed E-state index contributed by atoms with van der Waals surface area (Å²) >= 11 is 1.30. The summed E-state index contributed by atoms with van der Waals surface area (Å²) in [6, 6.07) is 16.1. The van der Waals surface area contributed by atoms with Crippen molar-refractivity contribution in [1.29, 1.82) is 0 Å². The fourth-order valence-electron chi connectivity index (χ4n) is 3.42. The monoisotopic (exact) mass is 447 g/mol. The van der Waals surface area contributed by atoms with E-state index in [1.807, 2.05) is 24.3 Å². The predicted octanol–water partition coefficient (Wildman–Crippen LogP) is 5.96. The van der Waals surface area contributed by atoms with Gasteiger partial charge in [0.05, 0.1) is 15.5 Å². The van der Waals surface area contributed by atoms with Crippen molar-refractivity contribution in [2.75, 3.05) is 7.05 Å². The van der Waals surface area contributed by atoms with Gasteiger partial charge in [-0.1, -0.05) is 25.1 Å². The number of para-hydroxylation sites is 1. The number of aliphatic imine (C=N–C) groups is 1. The van der Waals surface area contributed by atoms with Crippen molar-refractivity contribution in [2.45, 2.75) is 20.3 Å². The number of hydrogen-bond acceptors (Lipinski definition) is 6. The molecule has 0 bridgehead atoms. The number of amides is 1. The Bertz CT molecular complexity index is 1280. The molecular weight excluding hydrogens is 426 g/mol. The molecular formula is C24H21N3O4S. The van der Waals surface area contributed by atoms with Gasteiger partial charge in [-0.15, -0.1) is 0 Å². The molecule has 4 rings (SSSR count). The lowest BCUT2D eigenvalue weighted by molar-refractivity contribution is -0.384. The fourth-order valence-corrected chi connectivity index (χ4v) is 4.38. The largest absolute Gasteiger partial charge is 0.457 e. The minimum Gasteiger partial charge on any atom is -0.457 e. The number of hydrogen-bond donors (Lipinski definition) is 0. The normalized spacial score (nSPS) is 16.3. The maximum atomic E-state index is 12.7. The van der Waals surface area contributed by atoms with Crippen molar-refractivity contribution in [3.63, 3.8) is 0 Å². The quantitative estimate of drug-likeness (QED) is 0.273. The van der Waals surface area contributed by atoms with Crippen molar-refractivity contribution in [3.8, 4) is 11.3 Å². The van der Waals surface area contributed by atoms with Crippen LogP contribution in [0.4, 0.5) is 11.4 Å². The molecule has 162 valence electrons. The first-order valence-electron chi connectivity index (χ1n) is 10.1. The third-order valence-electron chi connectivity index (χ3n) is 5.18. The second kappa shape index (κ2) is 8.84. The summed E-state index contributed by atoms with van der Waals surface area (Å²) < 4.78 is 5.92. The summed E-state index contributed by atoms with van der Waals surface area (Å²) in [7, 11) is 1.71. The summed E-state index contributed by atoms with van der Waals surface area (Å²) in [6.45, 7) is 3.87. The van der Waals surface area contributed by atoms with Crippen LogP contribution in [0.3, 0.4) is 0 Å². The zero-order valence-corrected chi connectivity index (χ0v) is 18.7. The average Bonchev–Trinajstić information content (AvgIpc) is 3.34. The molecule has 1 amide bonds. The van der Waals surface area contributed by atoms with E-state index in [0.29, 0.717) is 21.6 Å². The van der Waals surface area contributed by atoms with Crippen molar-refractivity contribution in [3.05, 3.63) is 86.5 Å². The molecule has 2 aromatic carbocycles. The maximum Gasteiger partial charge on any atom is 0.269 e. The van der Waals surface area contributed by atoms with Crippen molar-refractivity contribution >= 4 is 40.3 Å². The Hall–Kier alpha value is -3.65. The highest BCUT2D eigenvalue weighted by Crippen LogP contribution is 2.35. The number of nitro groups is 1. The number of carbonyl (C=O) groups is 1. The molecule has 0 N–H and O–H groups in total. The standard InChI is InChI=1S/C24H21N3O4S/c1-4-16-7-5-6-8-20(16)25-24-26(3)23(28)22(32-24)14-18-10-12-21(31-18)19-11-9-17(27(29)30)13-15(19)2/h5-14H,4H2,1-3H3. The van der Waals surface area contributed by atoms with E-state index in [1.165, 1.54) is 28.8 Å². The van der Waals surface area contributed by atoms with Crippen molar-refractivity contribution in [1.82, 2.24) is 4.90 Å². The van der Waals surface area contributed by atoms with E-state index in [-0.39, 0.29) is 11.6 Å². The lowest BCUT2D eigenvalue weighted by atomic mass is 10.1. The van der Waals surface area contributed by atoms with Crippen molar-refractivity contribution < 1.29 is 14.1 Å². The molecule has 8 heteroatoms. The van der Waals surface area contributed by atoms with Gasteiger partial charge in [0.25, 0.3) is 11.6 Å². The zero-order chi connectivity index (χ0) is 22.8. The van der Waals surface area contributed by atoms with E-state index >= 15 is 0 Å². The number of aryl methyl sites for hydroxylation is 2. The summed E-state index contributed by atoms with van der Waals surface area (Å²) in [5, 5.41) is 11.6. The van der Waals surface area contributed by atoms with Crippen LogP contribution in [-0.4, -0.2) is 27.9 Å². The molecule has 0 aliphatic carbocycles. The number of non-ortho nitro benzene ring substituents is 1. The van der Waals surface area contributed by atoms with Gasteiger partial charge >= 0.3 is 0 Å². The van der Waals surface area contributed by atoms with Crippen LogP contribution in [0, 0.1) is 17.0 Å². The van der Waals surface area contributed by atoms with Crippen LogP contribution in [0.5, 0.6) is 0 Å². The van der Waals surface area contributed by atoms with E-state index in [0.717, 1.165) is 28.8 Å². The van der Waals surface area contributed by atoms with Crippen LogP contribution >= 0.6 is 11.8 Å². The molecule has 32 heavy (non-hydrogen) atoms. The first-order chi connectivity index (χ1) is 15.4. The van der Waals surface area contributed by atoms with Gasteiger partial charge in [0.15, 0.2) is 5.17 Å². The lowest BCUT2D eigenvalue weighted by Crippen LogP contribution is -2.23. The van der Waals surface area contributed by atoms with Crippen LogP contribution < -0.4 is 0 Å². The Morgan fingerprint density at radius 3 is 2.69 bits per heavy atom. The Morgan fingerprint density at radius 1 is 1.19 bits per heavy atom. The van der Waals surface area contributed by atoms with Crippen LogP contribution in [0.1, 0.15) is 23.8 Å². The van der Waals surface area contributed by atoms with Gasteiger partial charge in [-0.25, -0.2) is 4.99 Å². The van der Waals surface area contributed by atoms with E-state index in [2.05, 4.69) is 6.92 Å². The highest BCUT2D eigenvalue weighted by atomic mass is 32.2. The molecule has 1 aromatic heterocycles. The third-order valence-corrected chi connectivity index (χ3v) is 6.24. The van der Waals surface area contributed by atoms with Gasteiger partial charge in [0.2, 0.25) is 0 Å². The smallest absolute Gasteiger partial charge is 0.269 e. The second-order valence-electron chi connectivity index (χ2n) is 7.31. The summed E-state index contributed by atoms with van der Waals surface area (Å²) in [5.74, 6) is 0.961. The molecule has 0 saturated carbocycles. The molecule has 0 atom stereocenters. The third kappa shape index (κ3) is 4.22. The molecule has 3 aromatic rings. The van der Waals surface area contributed by atoms with Crippen LogP contribution in [0.15, 0.2) is 68.9 Å². The van der Waals surface area contributed by atoms with Crippen LogP contribution in [-0.2, 0) is 11.2 Å². The maximum absolute atomic E-state index is 12.7. The molecule has 1 aliphatic rings. The molecule has 0 spiro atoms. The number of carbonyl (C=O) groups excluding carboxylic acids is 1. The molecule has 7 nitrogen and oxygen atoms in total. The molecule has 1 aliphatic heterocycles. The zero-order valence-electron chi connectivity index (χ0n) is 17.9. The Morgan fingerprint density at radius 2 is 1.97 bits per heavy atom. The predicted molar refractivity (Wildman–Crippen MR) is 127 cm³/mol. The average molecular weight is 448 g/mol. The van der Waals surface area contributed by atoms with E-state index < -0.39 is 4.92 Å². The number of thioether (sulfide) groups is 1. The van der Waals surface area contributed by atoms with Gasteiger partial charge in [0.1, 0.15) is 11.5 Å². The number of amidine groups is 1. The van der Waals surface area contributed by atoms with Gasteiger partial charge in [-0.3, -0.25) is 19.8 Å². The van der Waals surface area contributed by atoms with Gasteiger partial charge in [0, 0.05) is 30.8 Å². The summed E-state index contributed by atoms with van der Waals surface area (Å²) in [6.07, 6.45) is 2.55. The number of nitrogens with zero attached hydrogens (tertiary/aromatic N) is 3. The van der Waals surface area contributed by atoms with E-state index in [4.69, 9.17) is 9.41 Å². The SMILES string of the molecule is CCc1ccccc1N=C1SC(=Cc2ccc(-c3ccc([N+](=O)[O-])cc3C)o2)C(=O)N1C. The number of likely N-dealkylation sites (N-methyl/N-ethyl adjacent to an activating group) is 1. The number of benzene rings is 2. The first kappa shape index (κ1) is 21.6. The van der Waals surface area contributed by atoms with E-state index in [1.54, 1.807) is 38.2 Å². The lowest BCUT2D eigenvalue weighted by Gasteiger charge is -2.08. The first-order valence-corrected chi connectivity index (χ1v) is 10.9. The Labute approximate surface area is 189 Å². The molecule has 1 saturated heterocycles. The molecule has 1 fully saturated rings. The van der Waals surface area contributed by atoms with Gasteiger partial charge < -0.3 is 4.42 Å². The van der Waals surface area contributed by atoms with Crippen LogP contribution in [0.25, 0.3) is 17.4 Å². The minimum absolute atomic E-state index is 0.0348. The molecule has 2 heterocycles. The van der Waals surface area contributed by atoms with Gasteiger partial charge in [-0.2, -0.15) is 0 Å². The van der Waals surface area contributed by atoms with Gasteiger partial charge in [-0.05, 0) is 60.5 Å². The molecule has 0 unspecified atom stereocenters. The Balaban J connectivity index is 1.60. The number of nitro benzene ring substituents is 1. The van der Waals surface area contributed by atoms with E-state index in [9.17, 15) is 14.9 Å². The van der Waals surface area contributed by atoms with Crippen LogP contribution in [0.2, 0.25) is 0 Å². The van der Waals surface area contributed by atoms with Crippen molar-refractivity contribution in [2.24, 2.45) is 4.99 Å². The second-order valence-corrected chi connectivity index (χ2v) is 8.32. The highest BCUT2D eigenvalue weighted by molar-refractivity contribution is 8.18. The number of rotatable bonds is 5.